The minimum Gasteiger partial charge on any atom is -0.370 e. The number of quaternary nitrogens is 1. The maximum absolute atomic E-state index is 12.9. The molecule has 0 aromatic carbocycles. The number of aryl methyl sites for hydroxylation is 1. The zero-order valence-corrected chi connectivity index (χ0v) is 16.6. The lowest BCUT2D eigenvalue weighted by molar-refractivity contribution is -0.661. The number of ether oxygens (including phenoxy) is 1. The van der Waals surface area contributed by atoms with E-state index in [1.807, 2.05) is 11.8 Å². The first-order chi connectivity index (χ1) is 12.9. The van der Waals surface area contributed by atoms with Gasteiger partial charge in [-0.25, -0.2) is 9.97 Å². The number of nitrogens with zero attached hydrogens (tertiary/aromatic N) is 5. The van der Waals surface area contributed by atoms with Crippen molar-refractivity contribution in [3.05, 3.63) is 22.1 Å². The van der Waals surface area contributed by atoms with Crippen molar-refractivity contribution in [3.63, 3.8) is 0 Å². The molecule has 0 saturated carbocycles. The van der Waals surface area contributed by atoms with E-state index in [0.29, 0.717) is 6.61 Å². The van der Waals surface area contributed by atoms with E-state index in [1.165, 1.54) is 10.4 Å². The summed E-state index contributed by atoms with van der Waals surface area (Å²) in [6.07, 6.45) is 0.806. The van der Waals surface area contributed by atoms with Crippen LogP contribution in [0.5, 0.6) is 0 Å². The number of carbonyl (C=O) groups excluding carboxylic acids is 1. The molecule has 0 atom stereocenters. The molecule has 0 aliphatic carbocycles. The van der Waals surface area contributed by atoms with Crippen LogP contribution in [-0.2, 0) is 17.8 Å². The maximum Gasteiger partial charge on any atom is 0.293 e. The van der Waals surface area contributed by atoms with Gasteiger partial charge < -0.3 is 15.0 Å². The van der Waals surface area contributed by atoms with Gasteiger partial charge >= 0.3 is 0 Å². The van der Waals surface area contributed by atoms with Gasteiger partial charge in [0.15, 0.2) is 5.65 Å². The first kappa shape index (κ1) is 17.0. The zero-order valence-electron chi connectivity index (χ0n) is 15.8. The van der Waals surface area contributed by atoms with Crippen molar-refractivity contribution >= 4 is 33.1 Å². The highest BCUT2D eigenvalue weighted by atomic mass is 32.1. The fraction of sp³-hybridized carbons (Fsp3) is 0.556. The molecule has 1 amide bonds. The summed E-state index contributed by atoms with van der Waals surface area (Å²) in [5, 5.41) is 7.76. The molecule has 2 aliphatic rings. The Balaban J connectivity index is 1.67. The van der Waals surface area contributed by atoms with E-state index in [9.17, 15) is 4.79 Å². The summed E-state index contributed by atoms with van der Waals surface area (Å²) in [5.41, 5.74) is 1.76. The molecule has 9 heteroatoms. The minimum atomic E-state index is -0.216. The molecular formula is C18H23N6O2S+. The average molecular weight is 387 g/mol. The highest BCUT2D eigenvalue weighted by molar-refractivity contribution is 7.19. The molecule has 142 valence electrons. The molecular weight excluding hydrogens is 364 g/mol. The summed E-state index contributed by atoms with van der Waals surface area (Å²) in [5.74, 6) is 0.919. The molecule has 5 heterocycles. The van der Waals surface area contributed by atoms with E-state index in [-0.39, 0.29) is 17.3 Å². The monoisotopic (exact) mass is 387 g/mol. The molecule has 5 rings (SSSR count). The Morgan fingerprint density at radius 1 is 1.26 bits per heavy atom. The highest BCUT2D eigenvalue weighted by Crippen LogP contribution is 2.39. The van der Waals surface area contributed by atoms with Gasteiger partial charge in [-0.3, -0.25) is 4.79 Å². The van der Waals surface area contributed by atoms with Gasteiger partial charge in [-0.15, -0.1) is 16.4 Å². The van der Waals surface area contributed by atoms with Crippen LogP contribution in [0.3, 0.4) is 0 Å². The van der Waals surface area contributed by atoms with E-state index in [0.717, 1.165) is 54.3 Å². The van der Waals surface area contributed by atoms with Crippen LogP contribution in [0.4, 0.5) is 0 Å². The lowest BCUT2D eigenvalue weighted by Gasteiger charge is -2.30. The SMILES string of the molecule is Cc1nc2sc3c(c2c2nc(C(=O)N4CC[NH2+]CC4)nn12)CC(C)(C)OC3. The molecule has 0 bridgehead atoms. The normalized spacial score (nSPS) is 19.6. The summed E-state index contributed by atoms with van der Waals surface area (Å²) < 4.78 is 7.69. The molecule has 27 heavy (non-hydrogen) atoms. The fourth-order valence-corrected chi connectivity index (χ4v) is 5.07. The number of hydrogen-bond donors (Lipinski definition) is 1. The third-order valence-electron chi connectivity index (χ3n) is 5.35. The van der Waals surface area contributed by atoms with Crippen LogP contribution >= 0.6 is 11.3 Å². The fourth-order valence-electron chi connectivity index (χ4n) is 3.93. The van der Waals surface area contributed by atoms with Gasteiger partial charge in [-0.2, -0.15) is 4.52 Å². The average Bonchev–Trinajstić information content (AvgIpc) is 3.22. The van der Waals surface area contributed by atoms with Crippen LogP contribution < -0.4 is 5.32 Å². The molecule has 0 spiro atoms. The van der Waals surface area contributed by atoms with Gasteiger partial charge in [0, 0.05) is 11.3 Å². The van der Waals surface area contributed by atoms with E-state index in [2.05, 4.69) is 29.2 Å². The van der Waals surface area contributed by atoms with E-state index >= 15 is 0 Å². The van der Waals surface area contributed by atoms with Gasteiger partial charge in [0.1, 0.15) is 10.7 Å². The summed E-state index contributed by atoms with van der Waals surface area (Å²) in [4.78, 5) is 26.3. The Kier molecular flexibility index (Phi) is 3.75. The smallest absolute Gasteiger partial charge is 0.293 e. The molecule has 8 nitrogen and oxygen atoms in total. The Morgan fingerprint density at radius 2 is 2.04 bits per heavy atom. The Labute approximate surface area is 160 Å². The Bertz CT molecular complexity index is 1060. The van der Waals surface area contributed by atoms with E-state index in [1.54, 1.807) is 15.9 Å². The van der Waals surface area contributed by atoms with Gasteiger partial charge in [0.05, 0.1) is 43.8 Å². The van der Waals surface area contributed by atoms with Gasteiger partial charge in [0.25, 0.3) is 5.91 Å². The number of hydrogen-bond acceptors (Lipinski definition) is 6. The summed E-state index contributed by atoms with van der Waals surface area (Å²) in [6, 6.07) is 0. The van der Waals surface area contributed by atoms with Crippen molar-refractivity contribution in [2.24, 2.45) is 0 Å². The third-order valence-corrected chi connectivity index (χ3v) is 6.45. The van der Waals surface area contributed by atoms with Gasteiger partial charge in [0.2, 0.25) is 5.82 Å². The number of piperazine rings is 1. The number of aromatic nitrogens is 4. The Morgan fingerprint density at radius 3 is 2.81 bits per heavy atom. The topological polar surface area (TPSA) is 89.2 Å². The molecule has 2 aliphatic heterocycles. The molecule has 1 saturated heterocycles. The number of thiophene rings is 1. The van der Waals surface area contributed by atoms with Crippen molar-refractivity contribution in [2.75, 3.05) is 26.2 Å². The molecule has 1 fully saturated rings. The van der Waals surface area contributed by atoms with Crippen molar-refractivity contribution in [1.29, 1.82) is 0 Å². The standard InChI is InChI=1S/C18H22N6O2S/c1-10-20-16-13(11-8-18(2,3)26-9-12(11)27-16)15-21-14(22-24(10)15)17(25)23-6-4-19-5-7-23/h19H,4-9H2,1-3H3/p+1. The van der Waals surface area contributed by atoms with Gasteiger partial charge in [-0.05, 0) is 26.3 Å². The van der Waals surface area contributed by atoms with Crippen LogP contribution in [-0.4, -0.2) is 62.2 Å². The van der Waals surface area contributed by atoms with Crippen molar-refractivity contribution in [1.82, 2.24) is 24.5 Å². The highest BCUT2D eigenvalue weighted by Gasteiger charge is 2.32. The Hall–Kier alpha value is -2.10. The largest absolute Gasteiger partial charge is 0.370 e. The first-order valence-corrected chi connectivity index (χ1v) is 10.2. The molecule has 3 aromatic rings. The zero-order chi connectivity index (χ0) is 18.8. The quantitative estimate of drug-likeness (QED) is 0.658. The van der Waals surface area contributed by atoms with E-state index in [4.69, 9.17) is 9.72 Å². The lowest BCUT2D eigenvalue weighted by Crippen LogP contribution is -2.89. The second kappa shape index (κ2) is 5.95. The van der Waals surface area contributed by atoms with Crippen LogP contribution in [0.1, 0.15) is 40.7 Å². The number of fused-ring (bicyclic) bond motifs is 5. The number of nitrogens with two attached hydrogens (primary N) is 1. The predicted octanol–water partition coefficient (Wildman–Crippen LogP) is 0.518. The number of amides is 1. The van der Waals surface area contributed by atoms with Crippen LogP contribution in [0.25, 0.3) is 15.9 Å². The summed E-state index contributed by atoms with van der Waals surface area (Å²) >= 11 is 1.66. The molecule has 2 N–H and O–H groups in total. The number of rotatable bonds is 1. The van der Waals surface area contributed by atoms with Crippen molar-refractivity contribution < 1.29 is 14.8 Å². The first-order valence-electron chi connectivity index (χ1n) is 9.35. The second-order valence-electron chi connectivity index (χ2n) is 7.90. The number of carbonyl (C=O) groups is 1. The van der Waals surface area contributed by atoms with E-state index < -0.39 is 0 Å². The molecule has 0 radical (unpaired) electrons. The van der Waals surface area contributed by atoms with Crippen LogP contribution in [0.2, 0.25) is 0 Å². The van der Waals surface area contributed by atoms with Gasteiger partial charge in [-0.1, -0.05) is 0 Å². The molecule has 0 unspecified atom stereocenters. The maximum atomic E-state index is 12.9. The van der Waals surface area contributed by atoms with Crippen LogP contribution in [0.15, 0.2) is 0 Å². The van der Waals surface area contributed by atoms with Crippen LogP contribution in [0, 0.1) is 6.92 Å². The summed E-state index contributed by atoms with van der Waals surface area (Å²) in [7, 11) is 0. The third kappa shape index (κ3) is 2.72. The predicted molar refractivity (Wildman–Crippen MR) is 101 cm³/mol. The second-order valence-corrected chi connectivity index (χ2v) is 8.98. The summed E-state index contributed by atoms with van der Waals surface area (Å²) in [6.45, 7) is 10.0. The molecule has 3 aromatic heterocycles. The lowest BCUT2D eigenvalue weighted by atomic mass is 9.94. The van der Waals surface area contributed by atoms with Crippen molar-refractivity contribution in [3.8, 4) is 0 Å². The minimum absolute atomic E-state index is 0.0906. The van der Waals surface area contributed by atoms with Crippen molar-refractivity contribution in [2.45, 2.75) is 39.4 Å².